The van der Waals surface area contributed by atoms with Gasteiger partial charge in [0.2, 0.25) is 0 Å². The van der Waals surface area contributed by atoms with Crippen molar-refractivity contribution in [2.24, 2.45) is 12.8 Å². The number of aliphatic hydroxyl groups is 1. The van der Waals surface area contributed by atoms with Gasteiger partial charge in [0, 0.05) is 13.2 Å². The van der Waals surface area contributed by atoms with Gasteiger partial charge in [0.05, 0.1) is 11.8 Å². The lowest BCUT2D eigenvalue weighted by atomic mass is 10.2. The first-order valence-electron chi connectivity index (χ1n) is 3.61. The van der Waals surface area contributed by atoms with Gasteiger partial charge in [-0.05, 0) is 19.0 Å². The molecule has 0 aliphatic heterocycles. The summed E-state index contributed by atoms with van der Waals surface area (Å²) in [7, 11) is 1.80. The number of aromatic nitrogens is 2. The maximum atomic E-state index is 9.45. The van der Waals surface area contributed by atoms with Gasteiger partial charge in [-0.1, -0.05) is 0 Å². The molecule has 0 aliphatic rings. The molecule has 0 saturated carbocycles. The molecule has 1 atom stereocenters. The highest BCUT2D eigenvalue weighted by Gasteiger charge is 2.08. The van der Waals surface area contributed by atoms with Crippen LogP contribution in [0.1, 0.15) is 18.2 Å². The number of rotatable bonds is 3. The highest BCUT2D eigenvalue weighted by Crippen LogP contribution is 2.13. The Kier molecular flexibility index (Phi) is 2.62. The average Bonchev–Trinajstić information content (AvgIpc) is 2.36. The van der Waals surface area contributed by atoms with Crippen LogP contribution in [0.2, 0.25) is 0 Å². The van der Waals surface area contributed by atoms with Crippen LogP contribution in [0.4, 0.5) is 0 Å². The standard InChI is InChI=1S/C7H13N3O/c1-10-6(3-5-9-10)7(11)2-4-8/h3,5,7,11H,2,4,8H2,1H3. The van der Waals surface area contributed by atoms with E-state index in [-0.39, 0.29) is 0 Å². The average molecular weight is 155 g/mol. The Balaban J connectivity index is 2.67. The maximum Gasteiger partial charge on any atom is 0.0968 e. The molecule has 0 amide bonds. The summed E-state index contributed by atoms with van der Waals surface area (Å²) < 4.78 is 1.65. The zero-order valence-electron chi connectivity index (χ0n) is 6.57. The summed E-state index contributed by atoms with van der Waals surface area (Å²) in [5.41, 5.74) is 6.11. The largest absolute Gasteiger partial charge is 0.387 e. The monoisotopic (exact) mass is 155 g/mol. The molecule has 0 spiro atoms. The van der Waals surface area contributed by atoms with Crippen LogP contribution in [0.3, 0.4) is 0 Å². The summed E-state index contributed by atoms with van der Waals surface area (Å²) in [6, 6.07) is 1.79. The van der Waals surface area contributed by atoms with Crippen LogP contribution in [0, 0.1) is 0 Å². The lowest BCUT2D eigenvalue weighted by Gasteiger charge is -2.08. The first-order valence-corrected chi connectivity index (χ1v) is 3.61. The van der Waals surface area contributed by atoms with Crippen molar-refractivity contribution < 1.29 is 5.11 Å². The minimum Gasteiger partial charge on any atom is -0.387 e. The van der Waals surface area contributed by atoms with Crippen molar-refractivity contribution in [3.63, 3.8) is 0 Å². The van der Waals surface area contributed by atoms with Crippen LogP contribution < -0.4 is 5.73 Å². The van der Waals surface area contributed by atoms with Crippen molar-refractivity contribution >= 4 is 0 Å². The van der Waals surface area contributed by atoms with Gasteiger partial charge in [0.15, 0.2) is 0 Å². The van der Waals surface area contributed by atoms with Gasteiger partial charge in [-0.3, -0.25) is 4.68 Å². The van der Waals surface area contributed by atoms with Crippen LogP contribution in [-0.4, -0.2) is 21.4 Å². The molecule has 3 N–H and O–H groups in total. The fourth-order valence-corrected chi connectivity index (χ4v) is 1.02. The van der Waals surface area contributed by atoms with E-state index in [1.165, 1.54) is 0 Å². The first-order chi connectivity index (χ1) is 5.25. The zero-order valence-corrected chi connectivity index (χ0v) is 6.57. The normalized spacial score (nSPS) is 13.4. The summed E-state index contributed by atoms with van der Waals surface area (Å²) in [6.07, 6.45) is 1.77. The molecule has 11 heavy (non-hydrogen) atoms. The highest BCUT2D eigenvalue weighted by molar-refractivity contribution is 5.03. The van der Waals surface area contributed by atoms with Crippen molar-refractivity contribution in [1.29, 1.82) is 0 Å². The fourth-order valence-electron chi connectivity index (χ4n) is 1.02. The minimum atomic E-state index is -0.479. The molecule has 0 aromatic carbocycles. The molecule has 62 valence electrons. The molecule has 1 rings (SSSR count). The Hall–Kier alpha value is -0.870. The molecule has 0 fully saturated rings. The SMILES string of the molecule is Cn1nccc1C(O)CCN. The summed E-state index contributed by atoms with van der Waals surface area (Å²) in [5, 5.41) is 13.4. The second-order valence-electron chi connectivity index (χ2n) is 2.47. The number of nitrogens with zero attached hydrogens (tertiary/aromatic N) is 2. The molecule has 0 bridgehead atoms. The lowest BCUT2D eigenvalue weighted by molar-refractivity contribution is 0.160. The van der Waals surface area contributed by atoms with Gasteiger partial charge >= 0.3 is 0 Å². The molecule has 4 nitrogen and oxygen atoms in total. The molecular formula is C7H13N3O. The minimum absolute atomic E-state index is 0.479. The van der Waals surface area contributed by atoms with E-state index in [4.69, 9.17) is 5.73 Å². The first kappa shape index (κ1) is 8.23. The quantitative estimate of drug-likeness (QED) is 0.635. The Morgan fingerprint density at radius 2 is 2.55 bits per heavy atom. The molecule has 0 aliphatic carbocycles. The summed E-state index contributed by atoms with van der Waals surface area (Å²) in [4.78, 5) is 0. The third-order valence-electron chi connectivity index (χ3n) is 1.64. The van der Waals surface area contributed by atoms with Crippen molar-refractivity contribution in [2.75, 3.05) is 6.54 Å². The van der Waals surface area contributed by atoms with Gasteiger partial charge in [0.1, 0.15) is 0 Å². The Morgan fingerprint density at radius 3 is 3.00 bits per heavy atom. The molecule has 0 saturated heterocycles. The topological polar surface area (TPSA) is 64.1 Å². The van der Waals surface area contributed by atoms with E-state index >= 15 is 0 Å². The third-order valence-corrected chi connectivity index (χ3v) is 1.64. The predicted octanol–water partition coefficient (Wildman–Crippen LogP) is -0.198. The van der Waals surface area contributed by atoms with Gasteiger partial charge in [-0.25, -0.2) is 0 Å². The second-order valence-corrected chi connectivity index (χ2v) is 2.47. The van der Waals surface area contributed by atoms with Crippen molar-refractivity contribution in [3.8, 4) is 0 Å². The van der Waals surface area contributed by atoms with Gasteiger partial charge < -0.3 is 10.8 Å². The van der Waals surface area contributed by atoms with Gasteiger partial charge in [-0.2, -0.15) is 5.10 Å². The van der Waals surface area contributed by atoms with Crippen LogP contribution in [-0.2, 0) is 7.05 Å². The van der Waals surface area contributed by atoms with Crippen LogP contribution in [0.5, 0.6) is 0 Å². The number of hydrogen-bond acceptors (Lipinski definition) is 3. The maximum absolute atomic E-state index is 9.45. The molecule has 1 aromatic rings. The van der Waals surface area contributed by atoms with Gasteiger partial charge in [0.25, 0.3) is 0 Å². The van der Waals surface area contributed by atoms with E-state index in [9.17, 15) is 5.11 Å². The Morgan fingerprint density at radius 1 is 1.82 bits per heavy atom. The van der Waals surface area contributed by atoms with E-state index in [0.717, 1.165) is 5.69 Å². The Bertz CT molecular complexity index is 221. The van der Waals surface area contributed by atoms with Crippen molar-refractivity contribution in [3.05, 3.63) is 18.0 Å². The number of aryl methyl sites for hydroxylation is 1. The molecule has 1 unspecified atom stereocenters. The van der Waals surface area contributed by atoms with E-state index in [1.807, 2.05) is 0 Å². The summed E-state index contributed by atoms with van der Waals surface area (Å²) in [5.74, 6) is 0. The zero-order chi connectivity index (χ0) is 8.27. The summed E-state index contributed by atoms with van der Waals surface area (Å²) in [6.45, 7) is 0.492. The third kappa shape index (κ3) is 1.78. The molecule has 0 radical (unpaired) electrons. The van der Waals surface area contributed by atoms with Crippen molar-refractivity contribution in [2.45, 2.75) is 12.5 Å². The molecular weight excluding hydrogens is 142 g/mol. The van der Waals surface area contributed by atoms with Crippen LogP contribution in [0.25, 0.3) is 0 Å². The smallest absolute Gasteiger partial charge is 0.0968 e. The van der Waals surface area contributed by atoms with E-state index in [2.05, 4.69) is 5.10 Å². The molecule has 1 aromatic heterocycles. The molecule has 1 heterocycles. The number of aliphatic hydroxyl groups excluding tert-OH is 1. The summed E-state index contributed by atoms with van der Waals surface area (Å²) >= 11 is 0. The van der Waals surface area contributed by atoms with E-state index < -0.39 is 6.10 Å². The van der Waals surface area contributed by atoms with Crippen LogP contribution in [0.15, 0.2) is 12.3 Å². The van der Waals surface area contributed by atoms with E-state index in [0.29, 0.717) is 13.0 Å². The molecule has 4 heteroatoms. The predicted molar refractivity (Wildman–Crippen MR) is 41.8 cm³/mol. The van der Waals surface area contributed by atoms with E-state index in [1.54, 1.807) is 24.0 Å². The highest BCUT2D eigenvalue weighted by atomic mass is 16.3. The number of hydrogen-bond donors (Lipinski definition) is 2. The fraction of sp³-hybridized carbons (Fsp3) is 0.571. The number of nitrogens with two attached hydrogens (primary N) is 1. The Labute approximate surface area is 65.6 Å². The second kappa shape index (κ2) is 3.50. The lowest BCUT2D eigenvalue weighted by Crippen LogP contribution is -2.10. The van der Waals surface area contributed by atoms with Crippen LogP contribution >= 0.6 is 0 Å². The van der Waals surface area contributed by atoms with Gasteiger partial charge in [-0.15, -0.1) is 0 Å². The van der Waals surface area contributed by atoms with Crippen molar-refractivity contribution in [1.82, 2.24) is 9.78 Å².